The van der Waals surface area contributed by atoms with Gasteiger partial charge in [-0.2, -0.15) is 0 Å². The van der Waals surface area contributed by atoms with Crippen molar-refractivity contribution in [2.75, 3.05) is 13.1 Å². The zero-order valence-electron chi connectivity index (χ0n) is 10.2. The second kappa shape index (κ2) is 5.63. The SMILES string of the molecule is O=CC1CCCN(C(=O)C2CCC(O)CC2)C1. The van der Waals surface area contributed by atoms with Crippen LogP contribution in [0.3, 0.4) is 0 Å². The Bertz CT molecular complexity index is 284. The lowest BCUT2D eigenvalue weighted by Gasteiger charge is -2.34. The fraction of sp³-hybridized carbons (Fsp3) is 0.846. The third kappa shape index (κ3) is 3.06. The van der Waals surface area contributed by atoms with Crippen molar-refractivity contribution in [2.45, 2.75) is 44.6 Å². The number of nitrogens with zero attached hydrogens (tertiary/aromatic N) is 1. The molecule has 0 aromatic heterocycles. The molecule has 1 unspecified atom stereocenters. The van der Waals surface area contributed by atoms with E-state index in [9.17, 15) is 14.7 Å². The van der Waals surface area contributed by atoms with Gasteiger partial charge >= 0.3 is 0 Å². The van der Waals surface area contributed by atoms with Gasteiger partial charge in [-0.15, -0.1) is 0 Å². The zero-order chi connectivity index (χ0) is 12.3. The van der Waals surface area contributed by atoms with Crippen LogP contribution in [0, 0.1) is 11.8 Å². The van der Waals surface area contributed by atoms with Gasteiger partial charge in [-0.3, -0.25) is 4.79 Å². The molecule has 1 N–H and O–H groups in total. The van der Waals surface area contributed by atoms with E-state index in [1.807, 2.05) is 4.90 Å². The first kappa shape index (κ1) is 12.6. The summed E-state index contributed by atoms with van der Waals surface area (Å²) in [5, 5.41) is 9.43. The first-order chi connectivity index (χ1) is 8.20. The normalized spacial score (nSPS) is 34.4. The number of aliphatic hydroxyl groups excluding tert-OH is 1. The van der Waals surface area contributed by atoms with E-state index in [1.54, 1.807) is 0 Å². The summed E-state index contributed by atoms with van der Waals surface area (Å²) in [5.74, 6) is 0.300. The van der Waals surface area contributed by atoms with Crippen molar-refractivity contribution in [1.82, 2.24) is 4.90 Å². The van der Waals surface area contributed by atoms with Crippen molar-refractivity contribution in [1.29, 1.82) is 0 Å². The molecule has 0 spiro atoms. The van der Waals surface area contributed by atoms with E-state index in [1.165, 1.54) is 0 Å². The van der Waals surface area contributed by atoms with E-state index in [0.717, 1.165) is 51.4 Å². The highest BCUT2D eigenvalue weighted by molar-refractivity contribution is 5.79. The maximum atomic E-state index is 12.2. The highest BCUT2D eigenvalue weighted by Crippen LogP contribution is 2.27. The van der Waals surface area contributed by atoms with Gasteiger partial charge in [0.25, 0.3) is 0 Å². The number of aldehydes is 1. The molecule has 0 aromatic carbocycles. The van der Waals surface area contributed by atoms with Gasteiger partial charge in [-0.05, 0) is 38.5 Å². The van der Waals surface area contributed by atoms with Crippen molar-refractivity contribution < 1.29 is 14.7 Å². The van der Waals surface area contributed by atoms with Crippen molar-refractivity contribution >= 4 is 12.2 Å². The number of hydrogen-bond acceptors (Lipinski definition) is 3. The van der Waals surface area contributed by atoms with Crippen LogP contribution >= 0.6 is 0 Å². The Morgan fingerprint density at radius 3 is 2.53 bits per heavy atom. The molecule has 4 heteroatoms. The van der Waals surface area contributed by atoms with E-state index >= 15 is 0 Å². The van der Waals surface area contributed by atoms with Crippen LogP contribution in [-0.4, -0.2) is 41.4 Å². The number of rotatable bonds is 2. The summed E-state index contributed by atoms with van der Waals surface area (Å²) < 4.78 is 0. The van der Waals surface area contributed by atoms with Gasteiger partial charge in [0, 0.05) is 24.9 Å². The van der Waals surface area contributed by atoms with Gasteiger partial charge in [0.05, 0.1) is 6.10 Å². The van der Waals surface area contributed by atoms with Gasteiger partial charge in [0.15, 0.2) is 0 Å². The average molecular weight is 239 g/mol. The van der Waals surface area contributed by atoms with Crippen molar-refractivity contribution in [3.63, 3.8) is 0 Å². The second-order valence-corrected chi connectivity index (χ2v) is 5.33. The standard InChI is InChI=1S/C13H21NO3/c15-9-10-2-1-7-14(8-10)13(17)11-3-5-12(16)6-4-11/h9-12,16H,1-8H2. The number of piperidine rings is 1. The number of amides is 1. The summed E-state index contributed by atoms with van der Waals surface area (Å²) in [7, 11) is 0. The maximum Gasteiger partial charge on any atom is 0.225 e. The van der Waals surface area contributed by atoms with Gasteiger partial charge in [-0.25, -0.2) is 0 Å². The van der Waals surface area contributed by atoms with Crippen molar-refractivity contribution in [3.05, 3.63) is 0 Å². The molecule has 4 nitrogen and oxygen atoms in total. The molecular formula is C13H21NO3. The van der Waals surface area contributed by atoms with Gasteiger partial charge in [0.1, 0.15) is 6.29 Å². The Balaban J connectivity index is 1.88. The molecule has 1 aliphatic carbocycles. The largest absolute Gasteiger partial charge is 0.393 e. The Morgan fingerprint density at radius 1 is 1.18 bits per heavy atom. The zero-order valence-corrected chi connectivity index (χ0v) is 10.2. The predicted octanol–water partition coefficient (Wildman–Crippen LogP) is 0.975. The van der Waals surface area contributed by atoms with Crippen LogP contribution in [0.5, 0.6) is 0 Å². The molecule has 2 rings (SSSR count). The Labute approximate surface area is 102 Å². The number of hydrogen-bond donors (Lipinski definition) is 1. The highest BCUT2D eigenvalue weighted by Gasteiger charge is 2.31. The minimum Gasteiger partial charge on any atom is -0.393 e. The van der Waals surface area contributed by atoms with Crippen LogP contribution in [0.4, 0.5) is 0 Å². The van der Waals surface area contributed by atoms with Gasteiger partial charge in [-0.1, -0.05) is 0 Å². The topological polar surface area (TPSA) is 57.6 Å². The lowest BCUT2D eigenvalue weighted by Crippen LogP contribution is -2.44. The third-order valence-corrected chi connectivity index (χ3v) is 4.01. The molecule has 96 valence electrons. The van der Waals surface area contributed by atoms with E-state index in [0.29, 0.717) is 6.54 Å². The molecule has 0 aromatic rings. The minimum atomic E-state index is -0.219. The van der Waals surface area contributed by atoms with Crippen LogP contribution in [0.1, 0.15) is 38.5 Å². The molecule has 1 saturated carbocycles. The minimum absolute atomic E-state index is 0.0295. The molecule has 2 fully saturated rings. The number of likely N-dealkylation sites (tertiary alicyclic amines) is 1. The second-order valence-electron chi connectivity index (χ2n) is 5.33. The predicted molar refractivity (Wildman–Crippen MR) is 63.3 cm³/mol. The molecule has 1 aliphatic heterocycles. The first-order valence-electron chi connectivity index (χ1n) is 6.63. The summed E-state index contributed by atoms with van der Waals surface area (Å²) in [4.78, 5) is 24.9. The lowest BCUT2D eigenvalue weighted by atomic mass is 9.86. The fourth-order valence-corrected chi connectivity index (χ4v) is 2.90. The van der Waals surface area contributed by atoms with Crippen LogP contribution in [0.2, 0.25) is 0 Å². The van der Waals surface area contributed by atoms with Crippen LogP contribution in [0.25, 0.3) is 0 Å². The monoisotopic (exact) mass is 239 g/mol. The third-order valence-electron chi connectivity index (χ3n) is 4.01. The Kier molecular flexibility index (Phi) is 4.15. The van der Waals surface area contributed by atoms with E-state index in [4.69, 9.17) is 0 Å². The van der Waals surface area contributed by atoms with Gasteiger partial charge in [0.2, 0.25) is 5.91 Å². The van der Waals surface area contributed by atoms with Crippen molar-refractivity contribution in [3.8, 4) is 0 Å². The summed E-state index contributed by atoms with van der Waals surface area (Å²) in [6.45, 7) is 1.39. The fourth-order valence-electron chi connectivity index (χ4n) is 2.90. The molecule has 0 radical (unpaired) electrons. The molecular weight excluding hydrogens is 218 g/mol. The molecule has 1 saturated heterocycles. The molecule has 1 amide bonds. The van der Waals surface area contributed by atoms with Gasteiger partial charge < -0.3 is 14.8 Å². The van der Waals surface area contributed by atoms with E-state index in [2.05, 4.69) is 0 Å². The van der Waals surface area contributed by atoms with Crippen LogP contribution < -0.4 is 0 Å². The smallest absolute Gasteiger partial charge is 0.225 e. The summed E-state index contributed by atoms with van der Waals surface area (Å²) in [6.07, 6.45) is 5.67. The Hall–Kier alpha value is -0.900. The molecule has 1 heterocycles. The quantitative estimate of drug-likeness (QED) is 0.731. The summed E-state index contributed by atoms with van der Waals surface area (Å²) in [5.41, 5.74) is 0. The Morgan fingerprint density at radius 2 is 1.88 bits per heavy atom. The van der Waals surface area contributed by atoms with Crippen molar-refractivity contribution in [2.24, 2.45) is 11.8 Å². The summed E-state index contributed by atoms with van der Waals surface area (Å²) in [6, 6.07) is 0. The average Bonchev–Trinajstić information content (AvgIpc) is 2.39. The maximum absolute atomic E-state index is 12.2. The summed E-state index contributed by atoms with van der Waals surface area (Å²) >= 11 is 0. The van der Waals surface area contributed by atoms with Crippen LogP contribution in [-0.2, 0) is 9.59 Å². The number of carbonyl (C=O) groups excluding carboxylic acids is 2. The van der Waals surface area contributed by atoms with E-state index in [-0.39, 0.29) is 23.8 Å². The number of aliphatic hydroxyl groups is 1. The molecule has 2 aliphatic rings. The first-order valence-corrected chi connectivity index (χ1v) is 6.63. The molecule has 17 heavy (non-hydrogen) atoms. The van der Waals surface area contributed by atoms with E-state index < -0.39 is 0 Å². The highest BCUT2D eigenvalue weighted by atomic mass is 16.3. The lowest BCUT2D eigenvalue weighted by molar-refractivity contribution is -0.139. The molecule has 1 atom stereocenters. The number of carbonyl (C=O) groups is 2. The molecule has 0 bridgehead atoms. The van der Waals surface area contributed by atoms with Crippen LogP contribution in [0.15, 0.2) is 0 Å².